The van der Waals surface area contributed by atoms with Gasteiger partial charge in [0.05, 0.1) is 0 Å². The predicted octanol–water partition coefficient (Wildman–Crippen LogP) is 2.07. The van der Waals surface area contributed by atoms with Gasteiger partial charge in [-0.25, -0.2) is 4.98 Å². The molecule has 6 heteroatoms. The van der Waals surface area contributed by atoms with Gasteiger partial charge in [-0.2, -0.15) is 4.37 Å². The van der Waals surface area contributed by atoms with E-state index in [2.05, 4.69) is 25.3 Å². The summed E-state index contributed by atoms with van der Waals surface area (Å²) in [5.41, 5.74) is 1.17. The Morgan fingerprint density at radius 3 is 3.21 bits per heavy atom. The third kappa shape index (κ3) is 2.74. The highest BCUT2D eigenvalue weighted by molar-refractivity contribution is 7.09. The van der Waals surface area contributed by atoms with E-state index in [0.29, 0.717) is 12.5 Å². The first-order valence-corrected chi connectivity index (χ1v) is 7.11. The third-order valence-electron chi connectivity index (χ3n) is 3.30. The first-order valence-electron chi connectivity index (χ1n) is 6.34. The van der Waals surface area contributed by atoms with Crippen LogP contribution in [0.15, 0.2) is 24.4 Å². The van der Waals surface area contributed by atoms with Crippen LogP contribution in [0, 0.1) is 0 Å². The Hall–Kier alpha value is -1.53. The van der Waals surface area contributed by atoms with Gasteiger partial charge >= 0.3 is 0 Å². The van der Waals surface area contributed by atoms with E-state index in [0.717, 1.165) is 30.5 Å². The van der Waals surface area contributed by atoms with E-state index < -0.39 is 0 Å². The van der Waals surface area contributed by atoms with Crippen molar-refractivity contribution < 1.29 is 4.74 Å². The summed E-state index contributed by atoms with van der Waals surface area (Å²) in [7, 11) is 1.66. The number of pyridine rings is 1. The van der Waals surface area contributed by atoms with Crippen LogP contribution in [0.1, 0.15) is 23.9 Å². The smallest absolute Gasteiger partial charge is 0.205 e. The van der Waals surface area contributed by atoms with Crippen molar-refractivity contribution in [1.82, 2.24) is 14.3 Å². The summed E-state index contributed by atoms with van der Waals surface area (Å²) < 4.78 is 9.34. The van der Waals surface area contributed by atoms with E-state index in [9.17, 15) is 0 Å². The normalized spacial score (nSPS) is 19.0. The van der Waals surface area contributed by atoms with Gasteiger partial charge in [0.2, 0.25) is 5.13 Å². The average Bonchev–Trinajstić information content (AvgIpc) is 3.08. The van der Waals surface area contributed by atoms with E-state index in [1.165, 1.54) is 17.2 Å². The Morgan fingerprint density at radius 1 is 1.47 bits per heavy atom. The SMILES string of the molecule is COCc1nsc(N2CCC(c3ccccn3)C2)n1. The Balaban J connectivity index is 1.68. The molecule has 19 heavy (non-hydrogen) atoms. The summed E-state index contributed by atoms with van der Waals surface area (Å²) in [4.78, 5) is 11.2. The second-order valence-electron chi connectivity index (χ2n) is 4.61. The Kier molecular flexibility index (Phi) is 3.70. The van der Waals surface area contributed by atoms with Crippen LogP contribution in [0.4, 0.5) is 5.13 Å². The van der Waals surface area contributed by atoms with Crippen molar-refractivity contribution in [2.45, 2.75) is 18.9 Å². The monoisotopic (exact) mass is 276 g/mol. The number of nitrogens with zero attached hydrogens (tertiary/aromatic N) is 4. The summed E-state index contributed by atoms with van der Waals surface area (Å²) in [5, 5.41) is 0.991. The average molecular weight is 276 g/mol. The number of rotatable bonds is 4. The maximum Gasteiger partial charge on any atom is 0.205 e. The minimum Gasteiger partial charge on any atom is -0.377 e. The largest absolute Gasteiger partial charge is 0.377 e. The van der Waals surface area contributed by atoms with Crippen molar-refractivity contribution >= 4 is 16.7 Å². The molecule has 1 atom stereocenters. The molecule has 0 N–H and O–H groups in total. The number of aromatic nitrogens is 3. The summed E-state index contributed by atoms with van der Waals surface area (Å²) in [5.74, 6) is 1.26. The van der Waals surface area contributed by atoms with Crippen LogP contribution in [-0.4, -0.2) is 34.5 Å². The number of anilines is 1. The van der Waals surface area contributed by atoms with Crippen LogP contribution in [0.25, 0.3) is 0 Å². The van der Waals surface area contributed by atoms with Crippen molar-refractivity contribution in [3.8, 4) is 0 Å². The molecule has 1 aliphatic rings. The van der Waals surface area contributed by atoms with E-state index >= 15 is 0 Å². The van der Waals surface area contributed by atoms with Crippen molar-refractivity contribution in [2.75, 3.05) is 25.1 Å². The van der Waals surface area contributed by atoms with Crippen LogP contribution < -0.4 is 4.90 Å². The van der Waals surface area contributed by atoms with Crippen LogP contribution in [0.2, 0.25) is 0 Å². The second kappa shape index (κ2) is 5.63. The minimum absolute atomic E-state index is 0.480. The molecule has 100 valence electrons. The van der Waals surface area contributed by atoms with Crippen LogP contribution in [-0.2, 0) is 11.3 Å². The molecule has 0 aromatic carbocycles. The number of hydrogen-bond donors (Lipinski definition) is 0. The van der Waals surface area contributed by atoms with Crippen LogP contribution >= 0.6 is 11.5 Å². The third-order valence-corrected chi connectivity index (χ3v) is 4.11. The fraction of sp³-hybridized carbons (Fsp3) is 0.462. The summed E-state index contributed by atoms with van der Waals surface area (Å²) >= 11 is 1.45. The maximum absolute atomic E-state index is 5.05. The molecule has 1 saturated heterocycles. The Morgan fingerprint density at radius 2 is 2.42 bits per heavy atom. The molecular weight excluding hydrogens is 260 g/mol. The molecule has 0 radical (unpaired) electrons. The highest BCUT2D eigenvalue weighted by Gasteiger charge is 2.26. The minimum atomic E-state index is 0.480. The molecular formula is C13H16N4OS. The van der Waals surface area contributed by atoms with Gasteiger partial charge in [0, 0.05) is 49.5 Å². The fourth-order valence-corrected chi connectivity index (χ4v) is 3.06. The molecule has 1 unspecified atom stereocenters. The molecule has 1 aliphatic heterocycles. The summed E-state index contributed by atoms with van der Waals surface area (Å²) in [6, 6.07) is 6.11. The van der Waals surface area contributed by atoms with Gasteiger partial charge in [0.1, 0.15) is 6.61 Å². The van der Waals surface area contributed by atoms with E-state index in [4.69, 9.17) is 4.74 Å². The predicted molar refractivity (Wildman–Crippen MR) is 74.4 cm³/mol. The molecule has 0 bridgehead atoms. The van der Waals surface area contributed by atoms with Crippen molar-refractivity contribution in [3.63, 3.8) is 0 Å². The van der Waals surface area contributed by atoms with Crippen molar-refractivity contribution in [3.05, 3.63) is 35.9 Å². The summed E-state index contributed by atoms with van der Waals surface area (Å²) in [6.45, 7) is 2.47. The molecule has 2 aromatic rings. The quantitative estimate of drug-likeness (QED) is 0.855. The zero-order valence-corrected chi connectivity index (χ0v) is 11.6. The standard InChI is InChI=1S/C13H16N4OS/c1-18-9-12-15-13(19-16-12)17-7-5-10(8-17)11-4-2-3-6-14-11/h2-4,6,10H,5,7-9H2,1H3. The molecule has 3 heterocycles. The molecule has 5 nitrogen and oxygen atoms in total. The van der Waals surface area contributed by atoms with Crippen LogP contribution in [0.5, 0.6) is 0 Å². The topological polar surface area (TPSA) is 51.1 Å². The number of hydrogen-bond acceptors (Lipinski definition) is 6. The van der Waals surface area contributed by atoms with E-state index in [1.54, 1.807) is 7.11 Å². The Labute approximate surface area is 116 Å². The Bertz CT molecular complexity index is 530. The van der Waals surface area contributed by atoms with Gasteiger partial charge in [0.15, 0.2) is 5.82 Å². The lowest BCUT2D eigenvalue weighted by molar-refractivity contribution is 0.179. The highest BCUT2D eigenvalue weighted by atomic mass is 32.1. The number of methoxy groups -OCH3 is 1. The van der Waals surface area contributed by atoms with Crippen molar-refractivity contribution in [1.29, 1.82) is 0 Å². The number of ether oxygens (including phenoxy) is 1. The molecule has 0 amide bonds. The van der Waals surface area contributed by atoms with Gasteiger partial charge in [-0.15, -0.1) is 0 Å². The van der Waals surface area contributed by atoms with Gasteiger partial charge in [-0.1, -0.05) is 6.07 Å². The molecule has 0 aliphatic carbocycles. The highest BCUT2D eigenvalue weighted by Crippen LogP contribution is 2.30. The molecule has 2 aromatic heterocycles. The van der Waals surface area contributed by atoms with Gasteiger partial charge in [-0.3, -0.25) is 4.98 Å². The van der Waals surface area contributed by atoms with Crippen LogP contribution in [0.3, 0.4) is 0 Å². The fourth-order valence-electron chi connectivity index (χ4n) is 2.35. The molecule has 0 spiro atoms. The van der Waals surface area contributed by atoms with Gasteiger partial charge < -0.3 is 9.64 Å². The van der Waals surface area contributed by atoms with E-state index in [1.807, 2.05) is 18.3 Å². The first-order chi connectivity index (χ1) is 9.36. The lowest BCUT2D eigenvalue weighted by atomic mass is 10.0. The molecule has 3 rings (SSSR count). The first kappa shape index (κ1) is 12.5. The van der Waals surface area contributed by atoms with Gasteiger partial charge in [0.25, 0.3) is 0 Å². The lowest BCUT2D eigenvalue weighted by Gasteiger charge is -2.13. The molecule has 1 fully saturated rings. The van der Waals surface area contributed by atoms with Gasteiger partial charge in [-0.05, 0) is 18.6 Å². The zero-order chi connectivity index (χ0) is 13.1. The summed E-state index contributed by atoms with van der Waals surface area (Å²) in [6.07, 6.45) is 2.98. The van der Waals surface area contributed by atoms with Crippen molar-refractivity contribution in [2.24, 2.45) is 0 Å². The molecule has 0 saturated carbocycles. The van der Waals surface area contributed by atoms with E-state index in [-0.39, 0.29) is 0 Å². The maximum atomic E-state index is 5.05. The lowest BCUT2D eigenvalue weighted by Crippen LogP contribution is -2.19. The second-order valence-corrected chi connectivity index (χ2v) is 5.34. The zero-order valence-electron chi connectivity index (χ0n) is 10.8.